The van der Waals surface area contributed by atoms with Gasteiger partial charge < -0.3 is 9.29 Å². The van der Waals surface area contributed by atoms with Crippen LogP contribution in [0.3, 0.4) is 0 Å². The minimum Gasteiger partial charge on any atom is -0.406 e. The van der Waals surface area contributed by atoms with Crippen LogP contribution >= 0.6 is 12.0 Å². The Balaban J connectivity index is 2.78. The number of ether oxygens (including phenoxy) is 1. The first-order valence-corrected chi connectivity index (χ1v) is 3.96. The third kappa shape index (κ3) is 3.56. The summed E-state index contributed by atoms with van der Waals surface area (Å²) in [5, 5.41) is 0. The molecule has 0 atom stereocenters. The van der Waals surface area contributed by atoms with Crippen molar-refractivity contribution in [3.8, 4) is 5.75 Å². The van der Waals surface area contributed by atoms with E-state index in [9.17, 15) is 13.2 Å². The molecule has 0 radical (unpaired) electrons. The van der Waals surface area contributed by atoms with Crippen LogP contribution in [0.5, 0.6) is 5.75 Å². The van der Waals surface area contributed by atoms with Crippen LogP contribution in [0, 0.1) is 0 Å². The molecule has 2 nitrogen and oxygen atoms in total. The summed E-state index contributed by atoms with van der Waals surface area (Å²) in [6.45, 7) is 0. The topological polar surface area (TPSA) is 29.5 Å². The van der Waals surface area contributed by atoms with E-state index in [4.69, 9.17) is 4.55 Å². The molecule has 1 aromatic carbocycles. The highest BCUT2D eigenvalue weighted by atomic mass is 32.2. The molecule has 0 saturated carbocycles. The Hall–Kier alpha value is -0.880. The van der Waals surface area contributed by atoms with Crippen molar-refractivity contribution in [1.29, 1.82) is 0 Å². The second-order valence-corrected chi connectivity index (χ2v) is 2.77. The van der Waals surface area contributed by atoms with Crippen molar-refractivity contribution in [2.45, 2.75) is 11.3 Å². The highest BCUT2D eigenvalue weighted by molar-refractivity contribution is 7.93. The normalized spacial score (nSPS) is 11.4. The molecule has 0 spiro atoms. The Labute approximate surface area is 76.5 Å². The van der Waals surface area contributed by atoms with Crippen LogP contribution in [0.25, 0.3) is 0 Å². The number of hydrogen-bond acceptors (Lipinski definition) is 3. The number of benzene rings is 1. The van der Waals surface area contributed by atoms with Crippen LogP contribution in [0.15, 0.2) is 29.2 Å². The van der Waals surface area contributed by atoms with E-state index in [1.54, 1.807) is 0 Å². The molecular weight excluding hydrogens is 205 g/mol. The van der Waals surface area contributed by atoms with Gasteiger partial charge in [-0.1, -0.05) is 6.07 Å². The number of halogens is 3. The van der Waals surface area contributed by atoms with Gasteiger partial charge in [-0.15, -0.1) is 13.2 Å². The summed E-state index contributed by atoms with van der Waals surface area (Å²) in [4.78, 5) is 0.293. The van der Waals surface area contributed by atoms with Crippen molar-refractivity contribution in [2.24, 2.45) is 0 Å². The zero-order chi connectivity index (χ0) is 9.90. The third-order valence-electron chi connectivity index (χ3n) is 1.14. The maximum Gasteiger partial charge on any atom is 0.573 e. The zero-order valence-corrected chi connectivity index (χ0v) is 7.02. The van der Waals surface area contributed by atoms with E-state index in [1.807, 2.05) is 0 Å². The van der Waals surface area contributed by atoms with Crippen LogP contribution in [0.2, 0.25) is 0 Å². The fourth-order valence-corrected chi connectivity index (χ4v) is 1.04. The van der Waals surface area contributed by atoms with Crippen LogP contribution in [-0.4, -0.2) is 10.9 Å². The van der Waals surface area contributed by atoms with Crippen molar-refractivity contribution >= 4 is 12.0 Å². The lowest BCUT2D eigenvalue weighted by molar-refractivity contribution is -0.274. The second-order valence-electron chi connectivity index (χ2n) is 2.11. The van der Waals surface area contributed by atoms with Crippen LogP contribution < -0.4 is 4.74 Å². The Kier molecular flexibility index (Phi) is 3.05. The van der Waals surface area contributed by atoms with Crippen molar-refractivity contribution in [2.75, 3.05) is 0 Å². The largest absolute Gasteiger partial charge is 0.573 e. The van der Waals surface area contributed by atoms with Crippen molar-refractivity contribution in [3.05, 3.63) is 24.3 Å². The standard InChI is InChI=1S/C7H5F3O2S/c8-7(9,10)12-5-2-1-3-6(4-5)13-11/h1-4,11H. The van der Waals surface area contributed by atoms with Crippen LogP contribution in [0.4, 0.5) is 13.2 Å². The number of hydrogen-bond donors (Lipinski definition) is 1. The van der Waals surface area contributed by atoms with Gasteiger partial charge in [0.1, 0.15) is 5.75 Å². The molecule has 0 saturated heterocycles. The van der Waals surface area contributed by atoms with E-state index in [0.717, 1.165) is 12.1 Å². The van der Waals surface area contributed by atoms with Crippen molar-refractivity contribution in [1.82, 2.24) is 0 Å². The summed E-state index contributed by atoms with van der Waals surface area (Å²) in [6.07, 6.45) is -4.70. The van der Waals surface area contributed by atoms with Gasteiger partial charge in [-0.05, 0) is 18.2 Å². The molecule has 72 valence electrons. The summed E-state index contributed by atoms with van der Waals surface area (Å²) < 4.78 is 47.2. The van der Waals surface area contributed by atoms with Crippen molar-refractivity contribution < 1.29 is 22.5 Å². The first-order chi connectivity index (χ1) is 6.01. The smallest absolute Gasteiger partial charge is 0.406 e. The highest BCUT2D eigenvalue weighted by Gasteiger charge is 2.31. The predicted molar refractivity (Wildman–Crippen MR) is 41.6 cm³/mol. The maximum atomic E-state index is 11.7. The summed E-state index contributed by atoms with van der Waals surface area (Å²) in [7, 11) is 0. The molecule has 0 aliphatic rings. The Morgan fingerprint density at radius 3 is 2.54 bits per heavy atom. The average molecular weight is 210 g/mol. The lowest BCUT2D eigenvalue weighted by Gasteiger charge is -2.08. The van der Waals surface area contributed by atoms with E-state index >= 15 is 0 Å². The third-order valence-corrected chi connectivity index (χ3v) is 1.61. The molecule has 0 bridgehead atoms. The van der Waals surface area contributed by atoms with Gasteiger partial charge in [-0.2, -0.15) is 0 Å². The molecule has 0 aliphatic carbocycles. The zero-order valence-electron chi connectivity index (χ0n) is 6.21. The van der Waals surface area contributed by atoms with Gasteiger partial charge in [-0.3, -0.25) is 0 Å². The van der Waals surface area contributed by atoms with E-state index in [1.165, 1.54) is 12.1 Å². The predicted octanol–water partition coefficient (Wildman–Crippen LogP) is 3.15. The second kappa shape index (κ2) is 3.89. The van der Waals surface area contributed by atoms with Gasteiger partial charge in [0, 0.05) is 16.9 Å². The fraction of sp³-hybridized carbons (Fsp3) is 0.143. The molecule has 6 heteroatoms. The van der Waals surface area contributed by atoms with Crippen LogP contribution in [0.1, 0.15) is 0 Å². The molecule has 0 heterocycles. The van der Waals surface area contributed by atoms with E-state index in [-0.39, 0.29) is 5.75 Å². The molecule has 1 N–H and O–H groups in total. The average Bonchev–Trinajstić information content (AvgIpc) is 2.01. The number of alkyl halides is 3. The summed E-state index contributed by atoms with van der Waals surface area (Å²) >= 11 is 0.362. The maximum absolute atomic E-state index is 11.7. The van der Waals surface area contributed by atoms with E-state index in [0.29, 0.717) is 16.9 Å². The molecule has 0 fully saturated rings. The highest BCUT2D eigenvalue weighted by Crippen LogP contribution is 2.25. The molecule has 13 heavy (non-hydrogen) atoms. The van der Waals surface area contributed by atoms with Gasteiger partial charge in [0.05, 0.1) is 0 Å². The first-order valence-electron chi connectivity index (χ1n) is 3.18. The molecular formula is C7H5F3O2S. The molecule has 1 rings (SSSR count). The lowest BCUT2D eigenvalue weighted by atomic mass is 10.3. The van der Waals surface area contributed by atoms with E-state index < -0.39 is 6.36 Å². The Morgan fingerprint density at radius 2 is 2.00 bits per heavy atom. The van der Waals surface area contributed by atoms with E-state index in [2.05, 4.69) is 4.74 Å². The minimum absolute atomic E-state index is 0.293. The van der Waals surface area contributed by atoms with Gasteiger partial charge in [0.15, 0.2) is 0 Å². The molecule has 0 aliphatic heterocycles. The molecule has 0 aromatic heterocycles. The lowest BCUT2D eigenvalue weighted by Crippen LogP contribution is -2.16. The summed E-state index contributed by atoms with van der Waals surface area (Å²) in [5.41, 5.74) is 0. The van der Waals surface area contributed by atoms with Gasteiger partial charge >= 0.3 is 6.36 Å². The number of rotatable bonds is 2. The molecule has 1 aromatic rings. The van der Waals surface area contributed by atoms with Gasteiger partial charge in [0.25, 0.3) is 0 Å². The van der Waals surface area contributed by atoms with Gasteiger partial charge in [-0.25, -0.2) is 0 Å². The summed E-state index contributed by atoms with van der Waals surface area (Å²) in [6, 6.07) is 5.08. The minimum atomic E-state index is -4.70. The monoisotopic (exact) mass is 210 g/mol. The fourth-order valence-electron chi connectivity index (χ4n) is 0.728. The Bertz CT molecular complexity index is 287. The van der Waals surface area contributed by atoms with Gasteiger partial charge in [0.2, 0.25) is 0 Å². The van der Waals surface area contributed by atoms with Crippen molar-refractivity contribution in [3.63, 3.8) is 0 Å². The first kappa shape index (κ1) is 10.2. The quantitative estimate of drug-likeness (QED) is 0.760. The SMILES string of the molecule is OSc1cccc(OC(F)(F)F)c1. The summed E-state index contributed by atoms with van der Waals surface area (Å²) in [5.74, 6) is -0.341. The molecule has 0 amide bonds. The van der Waals surface area contributed by atoms with Crippen LogP contribution in [-0.2, 0) is 0 Å². The molecule has 0 unspecified atom stereocenters. The Morgan fingerprint density at radius 1 is 1.31 bits per heavy atom.